The van der Waals surface area contributed by atoms with E-state index in [1.807, 2.05) is 18.9 Å². The average Bonchev–Trinajstić information content (AvgIpc) is 2.00. The Balaban J connectivity index is 3.60. The van der Waals surface area contributed by atoms with E-state index in [1.54, 1.807) is 7.11 Å². The molecule has 74 valence electrons. The molecule has 0 heterocycles. The van der Waals surface area contributed by atoms with E-state index in [1.165, 1.54) is 0 Å². The lowest BCUT2D eigenvalue weighted by Crippen LogP contribution is -2.50. The summed E-state index contributed by atoms with van der Waals surface area (Å²) >= 11 is 0. The minimum atomic E-state index is -0.511. The predicted molar refractivity (Wildman–Crippen MR) is 49.1 cm³/mol. The van der Waals surface area contributed by atoms with Crippen LogP contribution in [0, 0.1) is 0 Å². The van der Waals surface area contributed by atoms with Gasteiger partial charge in [-0.2, -0.15) is 0 Å². The van der Waals surface area contributed by atoms with Crippen molar-refractivity contribution in [2.75, 3.05) is 40.5 Å². The van der Waals surface area contributed by atoms with Crippen molar-refractivity contribution in [3.63, 3.8) is 0 Å². The Morgan fingerprint density at radius 3 is 2.58 bits per heavy atom. The van der Waals surface area contributed by atoms with E-state index in [-0.39, 0.29) is 6.61 Å². The van der Waals surface area contributed by atoms with Gasteiger partial charge in [0.2, 0.25) is 0 Å². The molecule has 0 radical (unpaired) electrons. The van der Waals surface area contributed by atoms with E-state index in [4.69, 9.17) is 15.6 Å². The van der Waals surface area contributed by atoms with E-state index < -0.39 is 5.54 Å². The molecule has 4 heteroatoms. The molecule has 0 aliphatic rings. The van der Waals surface area contributed by atoms with Crippen molar-refractivity contribution in [1.29, 1.82) is 0 Å². The monoisotopic (exact) mass is 176 g/mol. The zero-order valence-electron chi connectivity index (χ0n) is 8.21. The Morgan fingerprint density at radius 2 is 2.17 bits per heavy atom. The molecule has 0 fully saturated rings. The van der Waals surface area contributed by atoms with E-state index >= 15 is 0 Å². The van der Waals surface area contributed by atoms with Crippen LogP contribution < -0.4 is 5.73 Å². The highest BCUT2D eigenvalue weighted by atomic mass is 16.5. The SMILES string of the molecule is COCCN(C)CC(C)(N)CO. The van der Waals surface area contributed by atoms with E-state index in [2.05, 4.69) is 0 Å². The van der Waals surface area contributed by atoms with Crippen LogP contribution in [0.4, 0.5) is 0 Å². The van der Waals surface area contributed by atoms with Crippen molar-refractivity contribution in [3.8, 4) is 0 Å². The maximum Gasteiger partial charge on any atom is 0.0621 e. The number of ether oxygens (including phenoxy) is 1. The zero-order valence-corrected chi connectivity index (χ0v) is 8.21. The van der Waals surface area contributed by atoms with Gasteiger partial charge in [0.1, 0.15) is 0 Å². The fraction of sp³-hybridized carbons (Fsp3) is 1.00. The smallest absolute Gasteiger partial charge is 0.0621 e. The van der Waals surface area contributed by atoms with E-state index in [0.717, 1.165) is 6.54 Å². The Labute approximate surface area is 74.3 Å². The van der Waals surface area contributed by atoms with Crippen molar-refractivity contribution in [1.82, 2.24) is 4.90 Å². The van der Waals surface area contributed by atoms with Gasteiger partial charge >= 0.3 is 0 Å². The molecule has 0 rings (SSSR count). The van der Waals surface area contributed by atoms with Crippen molar-refractivity contribution in [3.05, 3.63) is 0 Å². The molecule has 0 aromatic carbocycles. The molecule has 4 nitrogen and oxygen atoms in total. The first-order valence-electron chi connectivity index (χ1n) is 4.09. The lowest BCUT2D eigenvalue weighted by Gasteiger charge is -2.27. The van der Waals surface area contributed by atoms with Crippen LogP contribution in [0.5, 0.6) is 0 Å². The average molecular weight is 176 g/mol. The molecule has 3 N–H and O–H groups in total. The number of aliphatic hydroxyl groups excluding tert-OH is 1. The number of hydrogen-bond acceptors (Lipinski definition) is 4. The molecule has 1 unspecified atom stereocenters. The molecule has 1 atom stereocenters. The summed E-state index contributed by atoms with van der Waals surface area (Å²) in [6, 6.07) is 0. The second kappa shape index (κ2) is 5.48. The number of nitrogens with two attached hydrogens (primary N) is 1. The van der Waals surface area contributed by atoms with E-state index in [0.29, 0.717) is 13.2 Å². The summed E-state index contributed by atoms with van der Waals surface area (Å²) in [4.78, 5) is 2.04. The first-order chi connectivity index (χ1) is 5.52. The van der Waals surface area contributed by atoms with Gasteiger partial charge in [-0.15, -0.1) is 0 Å². The highest BCUT2D eigenvalue weighted by Gasteiger charge is 2.18. The van der Waals surface area contributed by atoms with Crippen LogP contribution >= 0.6 is 0 Å². The highest BCUT2D eigenvalue weighted by Crippen LogP contribution is 1.99. The Bertz CT molecular complexity index is 118. The Kier molecular flexibility index (Phi) is 5.41. The summed E-state index contributed by atoms with van der Waals surface area (Å²) < 4.78 is 4.92. The van der Waals surface area contributed by atoms with Crippen LogP contribution in [-0.4, -0.2) is 56.0 Å². The van der Waals surface area contributed by atoms with Gasteiger partial charge in [-0.1, -0.05) is 0 Å². The number of methoxy groups -OCH3 is 1. The highest BCUT2D eigenvalue weighted by molar-refractivity contribution is 4.80. The van der Waals surface area contributed by atoms with Crippen molar-refractivity contribution >= 4 is 0 Å². The van der Waals surface area contributed by atoms with Gasteiger partial charge in [0.25, 0.3) is 0 Å². The first-order valence-corrected chi connectivity index (χ1v) is 4.09. The molecule has 0 bridgehead atoms. The summed E-state index contributed by atoms with van der Waals surface area (Å²) in [5.74, 6) is 0. The summed E-state index contributed by atoms with van der Waals surface area (Å²) in [5, 5.41) is 8.89. The van der Waals surface area contributed by atoms with Gasteiger partial charge < -0.3 is 20.5 Å². The number of rotatable bonds is 6. The lowest BCUT2D eigenvalue weighted by molar-refractivity contribution is 0.127. The second-order valence-corrected chi connectivity index (χ2v) is 3.54. The fourth-order valence-corrected chi connectivity index (χ4v) is 0.993. The summed E-state index contributed by atoms with van der Waals surface area (Å²) in [6.07, 6.45) is 0. The van der Waals surface area contributed by atoms with Crippen LogP contribution in [0.25, 0.3) is 0 Å². The topological polar surface area (TPSA) is 58.7 Å². The number of aliphatic hydroxyl groups is 1. The first kappa shape index (κ1) is 11.8. The standard InChI is InChI=1S/C8H20N2O2/c1-8(9,7-11)6-10(2)4-5-12-3/h11H,4-7,9H2,1-3H3. The van der Waals surface area contributed by atoms with Gasteiger partial charge in [-0.05, 0) is 14.0 Å². The van der Waals surface area contributed by atoms with Crippen molar-refractivity contribution in [2.24, 2.45) is 5.73 Å². The van der Waals surface area contributed by atoms with Crippen molar-refractivity contribution in [2.45, 2.75) is 12.5 Å². The molecular formula is C8H20N2O2. The quantitative estimate of drug-likeness (QED) is 0.560. The molecule has 0 aromatic heterocycles. The van der Waals surface area contributed by atoms with Gasteiger partial charge in [0.15, 0.2) is 0 Å². The van der Waals surface area contributed by atoms with Gasteiger partial charge in [0, 0.05) is 25.7 Å². The van der Waals surface area contributed by atoms with Crippen LogP contribution in [-0.2, 0) is 4.74 Å². The molecule has 0 saturated carbocycles. The van der Waals surface area contributed by atoms with Gasteiger partial charge in [-0.3, -0.25) is 0 Å². The largest absolute Gasteiger partial charge is 0.394 e. The maximum atomic E-state index is 8.89. The maximum absolute atomic E-state index is 8.89. The van der Waals surface area contributed by atoms with Gasteiger partial charge in [0.05, 0.1) is 13.2 Å². The van der Waals surface area contributed by atoms with Crippen LogP contribution in [0.2, 0.25) is 0 Å². The Hall–Kier alpha value is -0.160. The van der Waals surface area contributed by atoms with Crippen molar-refractivity contribution < 1.29 is 9.84 Å². The normalized spacial score (nSPS) is 16.5. The molecule has 12 heavy (non-hydrogen) atoms. The van der Waals surface area contributed by atoms with Crippen LogP contribution in [0.15, 0.2) is 0 Å². The third-order valence-corrected chi connectivity index (χ3v) is 1.67. The molecule has 0 saturated heterocycles. The lowest BCUT2D eigenvalue weighted by atomic mass is 10.1. The Morgan fingerprint density at radius 1 is 1.58 bits per heavy atom. The number of likely N-dealkylation sites (N-methyl/N-ethyl adjacent to an activating group) is 1. The summed E-state index contributed by atoms with van der Waals surface area (Å²) in [6.45, 7) is 4.04. The molecule has 0 spiro atoms. The molecule has 0 aromatic rings. The minimum Gasteiger partial charge on any atom is -0.394 e. The van der Waals surface area contributed by atoms with E-state index in [9.17, 15) is 0 Å². The molecular weight excluding hydrogens is 156 g/mol. The van der Waals surface area contributed by atoms with Gasteiger partial charge in [-0.25, -0.2) is 0 Å². The minimum absolute atomic E-state index is 0.00429. The number of hydrogen-bond donors (Lipinski definition) is 2. The third-order valence-electron chi connectivity index (χ3n) is 1.67. The van der Waals surface area contributed by atoms with Crippen LogP contribution in [0.3, 0.4) is 0 Å². The predicted octanol–water partition coefficient (Wildman–Crippen LogP) is -0.726. The van der Waals surface area contributed by atoms with Crippen LogP contribution in [0.1, 0.15) is 6.92 Å². The fourth-order valence-electron chi connectivity index (χ4n) is 0.993. The third kappa shape index (κ3) is 5.49. The molecule has 0 aliphatic carbocycles. The summed E-state index contributed by atoms with van der Waals surface area (Å²) in [7, 11) is 3.63. The molecule has 0 amide bonds. The second-order valence-electron chi connectivity index (χ2n) is 3.54. The summed E-state index contributed by atoms with van der Waals surface area (Å²) in [5.41, 5.74) is 5.24. The molecule has 0 aliphatic heterocycles. The number of nitrogens with zero attached hydrogens (tertiary/aromatic N) is 1. The zero-order chi connectivity index (χ0) is 9.61.